The fourth-order valence-corrected chi connectivity index (χ4v) is 3.40. The lowest BCUT2D eigenvalue weighted by Crippen LogP contribution is -2.43. The number of carboxylic acid groups (broad SMARTS) is 1. The molecule has 0 spiro atoms. The Morgan fingerprint density at radius 2 is 2.14 bits per heavy atom. The van der Waals surface area contributed by atoms with Gasteiger partial charge in [-0.25, -0.2) is 0 Å². The number of carbonyl (C=O) groups excluding carboxylic acids is 1. The average Bonchev–Trinajstić information content (AvgIpc) is 2.90. The summed E-state index contributed by atoms with van der Waals surface area (Å²) < 4.78 is 0. The number of anilines is 1. The molecule has 0 saturated carbocycles. The fraction of sp³-hybridized carbons (Fsp3) is 0.500. The van der Waals surface area contributed by atoms with E-state index in [0.717, 1.165) is 30.6 Å². The first-order chi connectivity index (χ1) is 10.1. The van der Waals surface area contributed by atoms with Gasteiger partial charge in [-0.1, -0.05) is 18.2 Å². The topological polar surface area (TPSA) is 69.6 Å². The number of hydrogen-bond acceptors (Lipinski definition) is 3. The number of amides is 1. The molecule has 2 atom stereocenters. The third-order valence-corrected chi connectivity index (χ3v) is 4.42. The van der Waals surface area contributed by atoms with Crippen LogP contribution >= 0.6 is 0 Å². The molecular weight excluding hydrogens is 268 g/mol. The number of carbonyl (C=O) groups is 2. The highest BCUT2D eigenvalue weighted by molar-refractivity contribution is 5.88. The van der Waals surface area contributed by atoms with Crippen molar-refractivity contribution >= 4 is 17.6 Å². The van der Waals surface area contributed by atoms with Gasteiger partial charge in [-0.2, -0.15) is 0 Å². The van der Waals surface area contributed by atoms with Gasteiger partial charge in [0.2, 0.25) is 5.91 Å². The molecule has 1 saturated heterocycles. The molecular formula is C16H20N2O3. The van der Waals surface area contributed by atoms with Crippen molar-refractivity contribution in [3.63, 3.8) is 0 Å². The monoisotopic (exact) mass is 288 g/mol. The number of piperidine rings is 1. The molecule has 0 radical (unpaired) electrons. The summed E-state index contributed by atoms with van der Waals surface area (Å²) in [5, 5.41) is 12.2. The second kappa shape index (κ2) is 5.76. The molecule has 2 N–H and O–H groups in total. The van der Waals surface area contributed by atoms with Crippen LogP contribution in [0.3, 0.4) is 0 Å². The molecule has 21 heavy (non-hydrogen) atoms. The summed E-state index contributed by atoms with van der Waals surface area (Å²) in [6, 6.07) is 7.90. The molecule has 1 amide bonds. The molecule has 0 bridgehead atoms. The van der Waals surface area contributed by atoms with Crippen molar-refractivity contribution in [3.05, 3.63) is 29.8 Å². The zero-order valence-electron chi connectivity index (χ0n) is 11.9. The van der Waals surface area contributed by atoms with E-state index < -0.39 is 5.97 Å². The molecule has 1 aromatic rings. The maximum Gasteiger partial charge on any atom is 0.303 e. The molecule has 5 heteroatoms. The minimum absolute atomic E-state index is 0.0878. The summed E-state index contributed by atoms with van der Waals surface area (Å²) in [5.41, 5.74) is 2.10. The van der Waals surface area contributed by atoms with Crippen LogP contribution in [0.4, 0.5) is 5.69 Å². The molecule has 2 heterocycles. The van der Waals surface area contributed by atoms with Gasteiger partial charge in [-0.3, -0.25) is 9.59 Å². The summed E-state index contributed by atoms with van der Waals surface area (Å²) in [4.78, 5) is 25.4. The number of hydrogen-bond donors (Lipinski definition) is 2. The highest BCUT2D eigenvalue weighted by Crippen LogP contribution is 2.33. The Labute approximate surface area is 123 Å². The normalized spacial score (nSPS) is 24.3. The van der Waals surface area contributed by atoms with E-state index in [4.69, 9.17) is 5.11 Å². The number of nitrogens with one attached hydrogen (secondary N) is 1. The Hall–Kier alpha value is -2.04. The Kier molecular flexibility index (Phi) is 3.82. The zero-order valence-corrected chi connectivity index (χ0v) is 11.9. The van der Waals surface area contributed by atoms with Crippen molar-refractivity contribution in [3.8, 4) is 0 Å². The summed E-state index contributed by atoms with van der Waals surface area (Å²) in [5.74, 6) is -0.695. The minimum Gasteiger partial charge on any atom is -0.481 e. The third-order valence-electron chi connectivity index (χ3n) is 4.42. The van der Waals surface area contributed by atoms with Crippen LogP contribution in [0.25, 0.3) is 0 Å². The van der Waals surface area contributed by atoms with Gasteiger partial charge < -0.3 is 15.3 Å². The lowest BCUT2D eigenvalue weighted by atomic mass is 9.92. The van der Waals surface area contributed by atoms with Crippen molar-refractivity contribution in [2.75, 3.05) is 25.0 Å². The van der Waals surface area contributed by atoms with Gasteiger partial charge >= 0.3 is 5.97 Å². The quantitative estimate of drug-likeness (QED) is 0.891. The number of aliphatic carboxylic acids is 1. The first-order valence-corrected chi connectivity index (χ1v) is 7.48. The van der Waals surface area contributed by atoms with Crippen LogP contribution < -0.4 is 5.32 Å². The third kappa shape index (κ3) is 2.86. The Balaban J connectivity index is 1.70. The second-order valence-corrected chi connectivity index (χ2v) is 5.91. The highest BCUT2D eigenvalue weighted by atomic mass is 16.4. The van der Waals surface area contributed by atoms with Crippen LogP contribution in [0.1, 0.15) is 30.7 Å². The average molecular weight is 288 g/mol. The maximum atomic E-state index is 12.7. The molecule has 3 rings (SSSR count). The Morgan fingerprint density at radius 1 is 1.33 bits per heavy atom. The van der Waals surface area contributed by atoms with E-state index in [1.54, 1.807) is 0 Å². The van der Waals surface area contributed by atoms with Crippen LogP contribution in [0.2, 0.25) is 0 Å². The highest BCUT2D eigenvalue weighted by Gasteiger charge is 2.34. The van der Waals surface area contributed by atoms with E-state index in [2.05, 4.69) is 5.32 Å². The molecule has 5 nitrogen and oxygen atoms in total. The van der Waals surface area contributed by atoms with Crippen LogP contribution in [0.5, 0.6) is 0 Å². The van der Waals surface area contributed by atoms with E-state index in [-0.39, 0.29) is 24.2 Å². The van der Waals surface area contributed by atoms with E-state index in [1.807, 2.05) is 29.2 Å². The predicted molar refractivity (Wildman–Crippen MR) is 79.2 cm³/mol. The van der Waals surface area contributed by atoms with Gasteiger partial charge in [0.15, 0.2) is 0 Å². The molecule has 0 aliphatic carbocycles. The van der Waals surface area contributed by atoms with Crippen LogP contribution in [-0.2, 0) is 9.59 Å². The summed E-state index contributed by atoms with van der Waals surface area (Å²) >= 11 is 0. The largest absolute Gasteiger partial charge is 0.481 e. The molecule has 112 valence electrons. The van der Waals surface area contributed by atoms with Crippen LogP contribution in [0.15, 0.2) is 24.3 Å². The Morgan fingerprint density at radius 3 is 2.95 bits per heavy atom. The lowest BCUT2D eigenvalue weighted by Gasteiger charge is -2.33. The van der Waals surface area contributed by atoms with E-state index >= 15 is 0 Å². The lowest BCUT2D eigenvalue weighted by molar-refractivity contribution is -0.141. The smallest absolute Gasteiger partial charge is 0.303 e. The first kappa shape index (κ1) is 13.9. The van der Waals surface area contributed by atoms with E-state index in [1.165, 1.54) is 0 Å². The number of rotatable bonds is 3. The van der Waals surface area contributed by atoms with Crippen molar-refractivity contribution in [1.82, 2.24) is 4.90 Å². The summed E-state index contributed by atoms with van der Waals surface area (Å²) in [6.07, 6.45) is 1.95. The van der Waals surface area contributed by atoms with Crippen molar-refractivity contribution < 1.29 is 14.7 Å². The maximum absolute atomic E-state index is 12.7. The Bertz CT molecular complexity index is 558. The van der Waals surface area contributed by atoms with Gasteiger partial charge in [0.25, 0.3) is 0 Å². The number of para-hydroxylation sites is 1. The van der Waals surface area contributed by atoms with Gasteiger partial charge in [0.1, 0.15) is 0 Å². The molecule has 2 unspecified atom stereocenters. The fourth-order valence-electron chi connectivity index (χ4n) is 3.40. The molecule has 1 fully saturated rings. The van der Waals surface area contributed by atoms with Crippen molar-refractivity contribution in [2.45, 2.75) is 25.2 Å². The number of benzene rings is 1. The standard InChI is InChI=1S/C16H20N2O3/c19-15(20)8-11-4-3-7-18(10-11)16(21)13-9-17-14-6-2-1-5-12(13)14/h1-2,5-6,11,13,17H,3-4,7-10H2,(H,19,20). The first-order valence-electron chi connectivity index (χ1n) is 7.48. The van der Waals surface area contributed by atoms with Gasteiger partial charge in [-0.15, -0.1) is 0 Å². The summed E-state index contributed by atoms with van der Waals surface area (Å²) in [6.45, 7) is 1.95. The number of likely N-dealkylation sites (tertiary alicyclic amines) is 1. The second-order valence-electron chi connectivity index (χ2n) is 5.91. The van der Waals surface area contributed by atoms with Crippen molar-refractivity contribution in [2.24, 2.45) is 5.92 Å². The SMILES string of the molecule is O=C(O)CC1CCCN(C(=O)C2CNc3ccccc32)C1. The number of nitrogens with zero attached hydrogens (tertiary/aromatic N) is 1. The molecule has 0 aromatic heterocycles. The van der Waals surface area contributed by atoms with E-state index in [0.29, 0.717) is 13.1 Å². The van der Waals surface area contributed by atoms with Gasteiger partial charge in [0, 0.05) is 31.7 Å². The minimum atomic E-state index is -0.776. The summed E-state index contributed by atoms with van der Waals surface area (Å²) in [7, 11) is 0. The molecule has 2 aliphatic rings. The van der Waals surface area contributed by atoms with Gasteiger partial charge in [-0.05, 0) is 30.4 Å². The van der Waals surface area contributed by atoms with Crippen molar-refractivity contribution in [1.29, 1.82) is 0 Å². The van der Waals surface area contributed by atoms with Crippen LogP contribution in [-0.4, -0.2) is 41.5 Å². The zero-order chi connectivity index (χ0) is 14.8. The van der Waals surface area contributed by atoms with E-state index in [9.17, 15) is 9.59 Å². The van der Waals surface area contributed by atoms with Crippen LogP contribution in [0, 0.1) is 5.92 Å². The number of fused-ring (bicyclic) bond motifs is 1. The van der Waals surface area contributed by atoms with Gasteiger partial charge in [0.05, 0.1) is 5.92 Å². The number of carboxylic acids is 1. The molecule has 1 aromatic carbocycles. The predicted octanol–water partition coefficient (Wildman–Crippen LogP) is 1.91. The molecule has 2 aliphatic heterocycles.